The Morgan fingerprint density at radius 1 is 1.25 bits per heavy atom. The molecule has 1 aliphatic carbocycles. The lowest BCUT2D eigenvalue weighted by atomic mass is 9.85. The van der Waals surface area contributed by atoms with Gasteiger partial charge in [0, 0.05) is 6.04 Å². The molecule has 1 saturated carbocycles. The van der Waals surface area contributed by atoms with E-state index in [1.165, 1.54) is 6.42 Å². The molecule has 0 aromatic carbocycles. The van der Waals surface area contributed by atoms with Gasteiger partial charge in [-0.05, 0) is 33.6 Å². The van der Waals surface area contributed by atoms with Gasteiger partial charge in [-0.1, -0.05) is 19.3 Å². The molecule has 7 heteroatoms. The highest BCUT2D eigenvalue weighted by Gasteiger charge is 2.66. The Bertz CT molecular complexity index is 446. The van der Waals surface area contributed by atoms with E-state index in [9.17, 15) is 9.59 Å². The van der Waals surface area contributed by atoms with Gasteiger partial charge in [0.15, 0.2) is 0 Å². The van der Waals surface area contributed by atoms with Crippen molar-refractivity contribution in [3.05, 3.63) is 0 Å². The van der Waals surface area contributed by atoms with Crippen molar-refractivity contribution in [3.8, 4) is 0 Å². The first-order valence-corrected chi connectivity index (χ1v) is 7.36. The summed E-state index contributed by atoms with van der Waals surface area (Å²) in [4.78, 5) is 24.4. The Hall–Kier alpha value is -1.34. The highest BCUT2D eigenvalue weighted by molar-refractivity contribution is 5.95. The smallest absolute Gasteiger partial charge is 0.334 e. The minimum absolute atomic E-state index is 0.185. The van der Waals surface area contributed by atoms with Crippen LogP contribution in [0.1, 0.15) is 52.9 Å². The second-order valence-corrected chi connectivity index (χ2v) is 6.65. The molecular formula is C13H23N5O2. The van der Waals surface area contributed by atoms with Gasteiger partial charge in [0.2, 0.25) is 0 Å². The third-order valence-corrected chi connectivity index (χ3v) is 4.89. The molecule has 112 valence electrons. The number of hydrogen-bond donors (Lipinski definition) is 3. The quantitative estimate of drug-likeness (QED) is 0.677. The topological polar surface area (TPSA) is 76.7 Å². The van der Waals surface area contributed by atoms with Gasteiger partial charge in [0.1, 0.15) is 5.66 Å². The lowest BCUT2D eigenvalue weighted by Crippen LogP contribution is -2.86. The number of amides is 4. The summed E-state index contributed by atoms with van der Waals surface area (Å²) in [6.45, 7) is 5.90. The molecule has 2 heterocycles. The van der Waals surface area contributed by atoms with Gasteiger partial charge in [-0.25, -0.2) is 15.0 Å². The van der Waals surface area contributed by atoms with Gasteiger partial charge >= 0.3 is 12.1 Å². The van der Waals surface area contributed by atoms with Crippen LogP contribution < -0.4 is 16.1 Å². The SMILES string of the molecule is CC1(C)NN2N(C(=O)NC3CCCCC3)C(=O)NC21C. The first-order chi connectivity index (χ1) is 9.35. The maximum absolute atomic E-state index is 12.3. The van der Waals surface area contributed by atoms with Gasteiger partial charge in [-0.15, -0.1) is 5.12 Å². The second kappa shape index (κ2) is 4.33. The molecule has 3 aliphatic rings. The second-order valence-electron chi connectivity index (χ2n) is 6.65. The van der Waals surface area contributed by atoms with E-state index in [4.69, 9.17) is 0 Å². The fourth-order valence-electron chi connectivity index (χ4n) is 3.17. The van der Waals surface area contributed by atoms with Crippen LogP contribution in [0, 0.1) is 0 Å². The maximum Gasteiger partial charge on any atom is 0.343 e. The monoisotopic (exact) mass is 281 g/mol. The molecule has 1 unspecified atom stereocenters. The van der Waals surface area contributed by atoms with E-state index in [0.29, 0.717) is 0 Å². The predicted molar refractivity (Wildman–Crippen MR) is 73.2 cm³/mol. The van der Waals surface area contributed by atoms with Gasteiger partial charge in [0.25, 0.3) is 0 Å². The van der Waals surface area contributed by atoms with Crippen molar-refractivity contribution in [2.45, 2.75) is 70.1 Å². The van der Waals surface area contributed by atoms with Crippen LogP contribution in [0.5, 0.6) is 0 Å². The van der Waals surface area contributed by atoms with Crippen LogP contribution >= 0.6 is 0 Å². The number of imide groups is 1. The fourth-order valence-corrected chi connectivity index (χ4v) is 3.17. The molecule has 0 spiro atoms. The molecule has 1 atom stereocenters. The molecule has 3 fully saturated rings. The van der Waals surface area contributed by atoms with E-state index in [-0.39, 0.29) is 23.6 Å². The molecule has 20 heavy (non-hydrogen) atoms. The summed E-state index contributed by atoms with van der Waals surface area (Å²) in [7, 11) is 0. The molecule has 0 aromatic rings. The van der Waals surface area contributed by atoms with E-state index in [2.05, 4.69) is 16.1 Å². The normalized spacial score (nSPS) is 33.4. The van der Waals surface area contributed by atoms with Crippen LogP contribution in [0.2, 0.25) is 0 Å². The molecule has 3 N–H and O–H groups in total. The van der Waals surface area contributed by atoms with Gasteiger partial charge in [-0.3, -0.25) is 0 Å². The first-order valence-electron chi connectivity index (χ1n) is 7.36. The molecule has 0 bridgehead atoms. The number of nitrogens with zero attached hydrogens (tertiary/aromatic N) is 2. The van der Waals surface area contributed by atoms with E-state index in [1.54, 1.807) is 5.12 Å². The molecule has 0 aromatic heterocycles. The Morgan fingerprint density at radius 3 is 2.45 bits per heavy atom. The van der Waals surface area contributed by atoms with Crippen LogP contribution in [-0.4, -0.2) is 39.4 Å². The maximum atomic E-state index is 12.3. The number of hydrogen-bond acceptors (Lipinski definition) is 4. The Labute approximate surface area is 119 Å². The Morgan fingerprint density at radius 2 is 1.90 bits per heavy atom. The summed E-state index contributed by atoms with van der Waals surface area (Å²) in [5.74, 6) is 0. The van der Waals surface area contributed by atoms with Crippen molar-refractivity contribution >= 4 is 12.1 Å². The number of hydrazine groups is 2. The summed E-state index contributed by atoms with van der Waals surface area (Å²) >= 11 is 0. The average molecular weight is 281 g/mol. The van der Waals surface area contributed by atoms with Crippen LogP contribution in [-0.2, 0) is 0 Å². The molecule has 4 amide bonds. The summed E-state index contributed by atoms with van der Waals surface area (Å²) in [5, 5.41) is 8.57. The van der Waals surface area contributed by atoms with Crippen LogP contribution in [0.4, 0.5) is 9.59 Å². The van der Waals surface area contributed by atoms with Crippen molar-refractivity contribution in [2.24, 2.45) is 0 Å². The van der Waals surface area contributed by atoms with E-state index < -0.39 is 5.66 Å². The minimum atomic E-state index is -0.562. The van der Waals surface area contributed by atoms with E-state index in [0.717, 1.165) is 30.7 Å². The van der Waals surface area contributed by atoms with Crippen molar-refractivity contribution in [2.75, 3.05) is 0 Å². The number of carbonyl (C=O) groups is 2. The lowest BCUT2D eigenvalue weighted by molar-refractivity contribution is -0.209. The minimum Gasteiger partial charge on any atom is -0.334 e. The number of urea groups is 2. The molecule has 7 nitrogen and oxygen atoms in total. The summed E-state index contributed by atoms with van der Waals surface area (Å²) in [6.07, 6.45) is 5.51. The largest absolute Gasteiger partial charge is 0.343 e. The number of fused-ring (bicyclic) bond motifs is 1. The van der Waals surface area contributed by atoms with Gasteiger partial charge in [0.05, 0.1) is 5.54 Å². The fraction of sp³-hybridized carbons (Fsp3) is 0.846. The molecular weight excluding hydrogens is 258 g/mol. The van der Waals surface area contributed by atoms with Crippen molar-refractivity contribution < 1.29 is 9.59 Å². The summed E-state index contributed by atoms with van der Waals surface area (Å²) in [5.41, 5.74) is 2.30. The number of carbonyl (C=O) groups excluding carboxylic acids is 2. The Balaban J connectivity index is 1.68. The molecule has 0 radical (unpaired) electrons. The first kappa shape index (κ1) is 13.6. The zero-order valence-corrected chi connectivity index (χ0v) is 12.3. The third kappa shape index (κ3) is 1.80. The zero-order valence-electron chi connectivity index (χ0n) is 12.3. The van der Waals surface area contributed by atoms with E-state index >= 15 is 0 Å². The number of nitrogens with one attached hydrogen (secondary N) is 3. The van der Waals surface area contributed by atoms with Crippen molar-refractivity contribution in [1.29, 1.82) is 0 Å². The predicted octanol–water partition coefficient (Wildman–Crippen LogP) is 1.28. The van der Waals surface area contributed by atoms with E-state index in [1.807, 2.05) is 20.8 Å². The number of rotatable bonds is 1. The molecule has 3 rings (SSSR count). The Kier molecular flexibility index (Phi) is 2.95. The summed E-state index contributed by atoms with van der Waals surface area (Å²) in [6, 6.07) is -0.537. The summed E-state index contributed by atoms with van der Waals surface area (Å²) < 4.78 is 0. The highest BCUT2D eigenvalue weighted by Crippen LogP contribution is 2.39. The third-order valence-electron chi connectivity index (χ3n) is 4.89. The lowest BCUT2D eigenvalue weighted by Gasteiger charge is -2.58. The van der Waals surface area contributed by atoms with Crippen LogP contribution in [0.15, 0.2) is 0 Å². The zero-order chi connectivity index (χ0) is 14.5. The van der Waals surface area contributed by atoms with Crippen LogP contribution in [0.3, 0.4) is 0 Å². The van der Waals surface area contributed by atoms with Crippen molar-refractivity contribution in [1.82, 2.24) is 26.2 Å². The van der Waals surface area contributed by atoms with Crippen molar-refractivity contribution in [3.63, 3.8) is 0 Å². The highest BCUT2D eigenvalue weighted by atomic mass is 16.2. The van der Waals surface area contributed by atoms with Gasteiger partial charge in [-0.2, -0.15) is 5.01 Å². The average Bonchev–Trinajstić information content (AvgIpc) is 2.60. The molecule has 2 aliphatic heterocycles. The van der Waals surface area contributed by atoms with Crippen LogP contribution in [0.25, 0.3) is 0 Å². The van der Waals surface area contributed by atoms with Gasteiger partial charge < -0.3 is 10.6 Å². The molecule has 2 saturated heterocycles. The standard InChI is InChI=1S/C13H23N5O2/c1-12(2)13(3)15-11(20)17(18(13)16-12)10(19)14-9-7-5-4-6-8-9/h9,16H,4-8H2,1-3H3,(H,14,19)(H,15,20).